The number of rotatable bonds is 24. The summed E-state index contributed by atoms with van der Waals surface area (Å²) in [6.07, 6.45) is 2.27. The van der Waals surface area contributed by atoms with Crippen molar-refractivity contribution >= 4 is 29.8 Å². The lowest BCUT2D eigenvalue weighted by Gasteiger charge is -2.35. The van der Waals surface area contributed by atoms with Gasteiger partial charge in [0, 0.05) is 32.1 Å². The molecule has 0 aliphatic carbocycles. The maximum atomic E-state index is 12.2. The number of hydrogen-bond acceptors (Lipinski definition) is 13. The minimum Gasteiger partial charge on any atom is -0.465 e. The van der Waals surface area contributed by atoms with Crippen LogP contribution in [0.15, 0.2) is 5.18 Å². The van der Waals surface area contributed by atoms with E-state index < -0.39 is 47.2 Å². The highest BCUT2D eigenvalue weighted by molar-refractivity contribution is 5.70. The minimum absolute atomic E-state index is 0.0826. The Hall–Kier alpha value is -3.09. The van der Waals surface area contributed by atoms with E-state index in [9.17, 15) is 28.9 Å². The van der Waals surface area contributed by atoms with E-state index in [0.29, 0.717) is 19.3 Å². The van der Waals surface area contributed by atoms with E-state index in [1.54, 1.807) is 20.8 Å². The van der Waals surface area contributed by atoms with Crippen molar-refractivity contribution in [2.45, 2.75) is 86.0 Å². The molecule has 0 saturated carbocycles. The quantitative estimate of drug-likeness (QED) is 0.0910. The van der Waals surface area contributed by atoms with Gasteiger partial charge in [-0.2, -0.15) is 4.91 Å². The van der Waals surface area contributed by atoms with Gasteiger partial charge in [-0.1, -0.05) is 39.8 Å². The molecule has 1 atom stereocenters. The van der Waals surface area contributed by atoms with Gasteiger partial charge in [-0.3, -0.25) is 24.0 Å². The number of hydrogen-bond donors (Lipinski definition) is 0. The highest BCUT2D eigenvalue weighted by Gasteiger charge is 2.40. The molecular formula is C28H47NO12. The highest BCUT2D eigenvalue weighted by Crippen LogP contribution is 2.26. The molecule has 0 saturated heterocycles. The fraction of sp³-hybridized carbons (Fsp3) is 0.821. The van der Waals surface area contributed by atoms with Gasteiger partial charge in [0.1, 0.15) is 33.0 Å². The minimum atomic E-state index is -1.32. The van der Waals surface area contributed by atoms with Crippen molar-refractivity contribution in [3.8, 4) is 0 Å². The van der Waals surface area contributed by atoms with Crippen LogP contribution in [0.5, 0.6) is 0 Å². The number of esters is 5. The van der Waals surface area contributed by atoms with Crippen LogP contribution in [0.3, 0.4) is 0 Å². The first kappa shape index (κ1) is 37.9. The van der Waals surface area contributed by atoms with Gasteiger partial charge in [0.2, 0.25) is 0 Å². The van der Waals surface area contributed by atoms with Crippen molar-refractivity contribution in [1.29, 1.82) is 0 Å². The summed E-state index contributed by atoms with van der Waals surface area (Å²) in [5, 5.41) is 2.96. The third-order valence-corrected chi connectivity index (χ3v) is 5.85. The molecule has 0 fully saturated rings. The van der Waals surface area contributed by atoms with Crippen LogP contribution >= 0.6 is 0 Å². The van der Waals surface area contributed by atoms with Crippen LogP contribution in [0.2, 0.25) is 0 Å². The maximum Gasteiger partial charge on any atom is 0.305 e. The Morgan fingerprint density at radius 1 is 0.488 bits per heavy atom. The Balaban J connectivity index is 6.08. The summed E-state index contributed by atoms with van der Waals surface area (Å²) in [5.74, 6) is -2.55. The lowest BCUT2D eigenvalue weighted by molar-refractivity contribution is -0.170. The van der Waals surface area contributed by atoms with E-state index in [0.717, 1.165) is 0 Å². The van der Waals surface area contributed by atoms with Crippen molar-refractivity contribution < 1.29 is 52.4 Å². The van der Waals surface area contributed by atoms with Crippen molar-refractivity contribution in [1.82, 2.24) is 0 Å². The maximum absolute atomic E-state index is 12.2. The number of nitrogens with zero attached hydrogens (tertiary/aromatic N) is 1. The van der Waals surface area contributed by atoms with E-state index >= 15 is 0 Å². The molecule has 236 valence electrons. The average molecular weight is 590 g/mol. The second-order valence-electron chi connectivity index (χ2n) is 10.0. The number of carbonyl (C=O) groups is 5. The molecule has 0 amide bonds. The lowest BCUT2D eigenvalue weighted by atomic mass is 9.89. The molecule has 0 aromatic carbocycles. The summed E-state index contributed by atoms with van der Waals surface area (Å²) in [5.41, 5.74) is -2.61. The van der Waals surface area contributed by atoms with Crippen molar-refractivity contribution in [3.05, 3.63) is 4.91 Å². The monoisotopic (exact) mass is 589 g/mol. The van der Waals surface area contributed by atoms with Gasteiger partial charge in [0.15, 0.2) is 0 Å². The normalized spacial score (nSPS) is 12.5. The average Bonchev–Trinajstić information content (AvgIpc) is 2.95. The molecule has 0 rings (SSSR count). The first-order valence-corrected chi connectivity index (χ1v) is 14.2. The first-order valence-electron chi connectivity index (χ1n) is 14.2. The van der Waals surface area contributed by atoms with Gasteiger partial charge in [0.25, 0.3) is 0 Å². The molecule has 0 aromatic heterocycles. The molecule has 41 heavy (non-hydrogen) atoms. The fourth-order valence-corrected chi connectivity index (χ4v) is 3.33. The van der Waals surface area contributed by atoms with Crippen molar-refractivity contribution in [3.63, 3.8) is 0 Å². The molecule has 0 heterocycles. The topological polar surface area (TPSA) is 170 Å². The van der Waals surface area contributed by atoms with Crippen LogP contribution in [0, 0.1) is 15.7 Å². The van der Waals surface area contributed by atoms with Crippen LogP contribution in [0.25, 0.3) is 0 Å². The molecule has 1 unspecified atom stereocenters. The molecule has 13 heteroatoms. The van der Waals surface area contributed by atoms with Crippen molar-refractivity contribution in [2.75, 3.05) is 52.8 Å². The first-order chi connectivity index (χ1) is 19.5. The second-order valence-corrected chi connectivity index (χ2v) is 10.0. The van der Waals surface area contributed by atoms with Crippen LogP contribution in [0.1, 0.15) is 86.0 Å². The van der Waals surface area contributed by atoms with Gasteiger partial charge >= 0.3 is 29.8 Å². The number of ether oxygens (including phenoxy) is 6. The molecule has 0 radical (unpaired) electrons. The summed E-state index contributed by atoms with van der Waals surface area (Å²) in [4.78, 5) is 71.8. The Bertz CT molecular complexity index is 809. The number of carbonyl (C=O) groups excluding carboxylic acids is 5. The van der Waals surface area contributed by atoms with E-state index in [2.05, 4.69) is 5.18 Å². The molecule has 0 spiro atoms. The zero-order valence-electron chi connectivity index (χ0n) is 25.2. The van der Waals surface area contributed by atoms with E-state index in [1.807, 2.05) is 13.8 Å². The van der Waals surface area contributed by atoms with Crippen LogP contribution in [0.4, 0.5) is 0 Å². The largest absolute Gasteiger partial charge is 0.465 e. The Labute approximate surface area is 242 Å². The SMILES string of the molecule is CCCC(=O)OCC(CN=O)(COCC(COC(=O)CC)(COC(=O)CCC)COC(=O)CCC)COC(=O)CC. The molecular weight excluding hydrogens is 542 g/mol. The summed E-state index contributed by atoms with van der Waals surface area (Å²) in [7, 11) is 0. The van der Waals surface area contributed by atoms with Gasteiger partial charge in [-0.15, -0.1) is 0 Å². The van der Waals surface area contributed by atoms with Gasteiger partial charge in [-0.05, 0) is 19.3 Å². The smallest absolute Gasteiger partial charge is 0.305 e. The highest BCUT2D eigenvalue weighted by atomic mass is 16.6. The van der Waals surface area contributed by atoms with E-state index in [-0.39, 0.29) is 78.4 Å². The zero-order valence-corrected chi connectivity index (χ0v) is 25.2. The molecule has 0 aliphatic rings. The molecule has 0 N–H and O–H groups in total. The van der Waals surface area contributed by atoms with Crippen LogP contribution in [-0.4, -0.2) is 82.6 Å². The third kappa shape index (κ3) is 16.7. The lowest BCUT2D eigenvalue weighted by Crippen LogP contribution is -2.46. The standard InChI is InChI=1S/C28H47NO12/c1-6-11-24(32)39-18-27(14-29-35,17-37-22(30)9-4)15-36-16-28(19-38-23(31)10-5,20-40-25(33)12-7-2)21-41-26(34)13-8-3/h6-21H2,1-5H3. The van der Waals surface area contributed by atoms with Crippen LogP contribution in [-0.2, 0) is 52.4 Å². The molecule has 0 bridgehead atoms. The van der Waals surface area contributed by atoms with Gasteiger partial charge in [-0.25, -0.2) is 0 Å². The summed E-state index contributed by atoms with van der Waals surface area (Å²) >= 11 is 0. The summed E-state index contributed by atoms with van der Waals surface area (Å²) in [6, 6.07) is 0. The second kappa shape index (κ2) is 21.6. The summed E-state index contributed by atoms with van der Waals surface area (Å²) < 4.78 is 32.8. The zero-order chi connectivity index (χ0) is 31.2. The fourth-order valence-electron chi connectivity index (χ4n) is 3.33. The summed E-state index contributed by atoms with van der Waals surface area (Å²) in [6.45, 7) is 6.19. The van der Waals surface area contributed by atoms with E-state index in [4.69, 9.17) is 28.4 Å². The molecule has 0 aliphatic heterocycles. The van der Waals surface area contributed by atoms with Gasteiger partial charge in [0.05, 0.1) is 30.6 Å². The Kier molecular flexibility index (Phi) is 20.0. The third-order valence-electron chi connectivity index (χ3n) is 5.85. The van der Waals surface area contributed by atoms with Gasteiger partial charge < -0.3 is 28.4 Å². The van der Waals surface area contributed by atoms with Crippen LogP contribution < -0.4 is 0 Å². The predicted molar refractivity (Wildman–Crippen MR) is 146 cm³/mol. The van der Waals surface area contributed by atoms with E-state index in [1.165, 1.54) is 0 Å². The Morgan fingerprint density at radius 2 is 0.805 bits per heavy atom. The Morgan fingerprint density at radius 3 is 1.12 bits per heavy atom. The van der Waals surface area contributed by atoms with Crippen molar-refractivity contribution in [2.24, 2.45) is 16.0 Å². The number of nitroso groups, excluding NO2 is 1. The predicted octanol–water partition coefficient (Wildman–Crippen LogP) is 3.68. The molecule has 13 nitrogen and oxygen atoms in total. The molecule has 0 aromatic rings.